The highest BCUT2D eigenvalue weighted by Gasteiger charge is 2.28. The third-order valence-corrected chi connectivity index (χ3v) is 3.28. The monoisotopic (exact) mass is 270 g/mol. The fourth-order valence-corrected chi connectivity index (χ4v) is 2.06. The molecule has 2 N–H and O–H groups in total. The van der Waals surface area contributed by atoms with Crippen LogP contribution in [0.15, 0.2) is 22.8 Å². The Kier molecular flexibility index (Phi) is 3.38. The SMILES string of the molecule is NC1(Cc2ccc(Br)cn2)CCOCC1. The van der Waals surface area contributed by atoms with Gasteiger partial charge < -0.3 is 10.5 Å². The predicted molar refractivity (Wildman–Crippen MR) is 62.6 cm³/mol. The van der Waals surface area contributed by atoms with Crippen molar-refractivity contribution in [1.29, 1.82) is 0 Å². The Morgan fingerprint density at radius 3 is 2.73 bits per heavy atom. The summed E-state index contributed by atoms with van der Waals surface area (Å²) in [6.07, 6.45) is 4.50. The van der Waals surface area contributed by atoms with Gasteiger partial charge in [-0.05, 0) is 40.9 Å². The Balaban J connectivity index is 2.03. The first kappa shape index (κ1) is 11.0. The minimum Gasteiger partial charge on any atom is -0.381 e. The van der Waals surface area contributed by atoms with Crippen LogP contribution in [0.4, 0.5) is 0 Å². The average Bonchev–Trinajstić information content (AvgIpc) is 2.22. The number of pyridine rings is 1. The lowest BCUT2D eigenvalue weighted by Crippen LogP contribution is -2.47. The van der Waals surface area contributed by atoms with Gasteiger partial charge in [-0.15, -0.1) is 0 Å². The van der Waals surface area contributed by atoms with Crippen LogP contribution in [0.3, 0.4) is 0 Å². The van der Waals surface area contributed by atoms with Crippen LogP contribution in [-0.4, -0.2) is 23.7 Å². The number of aromatic nitrogens is 1. The van der Waals surface area contributed by atoms with Crippen LogP contribution in [0.25, 0.3) is 0 Å². The van der Waals surface area contributed by atoms with Gasteiger partial charge in [0.2, 0.25) is 0 Å². The first-order chi connectivity index (χ1) is 7.18. The molecular weight excluding hydrogens is 256 g/mol. The smallest absolute Gasteiger partial charge is 0.0483 e. The number of ether oxygens (including phenoxy) is 1. The summed E-state index contributed by atoms with van der Waals surface area (Å²) in [6.45, 7) is 1.54. The van der Waals surface area contributed by atoms with Gasteiger partial charge in [0.15, 0.2) is 0 Å². The van der Waals surface area contributed by atoms with Crippen LogP contribution in [-0.2, 0) is 11.2 Å². The molecule has 0 bridgehead atoms. The lowest BCUT2D eigenvalue weighted by Gasteiger charge is -2.33. The van der Waals surface area contributed by atoms with Gasteiger partial charge in [-0.3, -0.25) is 4.98 Å². The van der Waals surface area contributed by atoms with E-state index in [0.717, 1.165) is 42.6 Å². The average molecular weight is 271 g/mol. The van der Waals surface area contributed by atoms with Crippen LogP contribution in [0.5, 0.6) is 0 Å². The maximum atomic E-state index is 6.30. The third-order valence-electron chi connectivity index (χ3n) is 2.81. The van der Waals surface area contributed by atoms with Crippen molar-refractivity contribution in [3.8, 4) is 0 Å². The molecule has 15 heavy (non-hydrogen) atoms. The van der Waals surface area contributed by atoms with Crippen molar-refractivity contribution in [1.82, 2.24) is 4.98 Å². The van der Waals surface area contributed by atoms with Gasteiger partial charge in [0.25, 0.3) is 0 Å². The number of rotatable bonds is 2. The lowest BCUT2D eigenvalue weighted by molar-refractivity contribution is 0.0530. The highest BCUT2D eigenvalue weighted by molar-refractivity contribution is 9.10. The van der Waals surface area contributed by atoms with Crippen LogP contribution in [0.1, 0.15) is 18.5 Å². The molecule has 0 atom stereocenters. The van der Waals surface area contributed by atoms with Gasteiger partial charge in [0.1, 0.15) is 0 Å². The number of nitrogens with two attached hydrogens (primary N) is 1. The van der Waals surface area contributed by atoms with Gasteiger partial charge in [0, 0.05) is 41.5 Å². The highest BCUT2D eigenvalue weighted by Crippen LogP contribution is 2.22. The Bertz CT molecular complexity index is 320. The topological polar surface area (TPSA) is 48.1 Å². The van der Waals surface area contributed by atoms with Crippen LogP contribution >= 0.6 is 15.9 Å². The van der Waals surface area contributed by atoms with Crippen LogP contribution in [0, 0.1) is 0 Å². The molecule has 1 aliphatic heterocycles. The van der Waals surface area contributed by atoms with Gasteiger partial charge in [-0.1, -0.05) is 0 Å². The molecule has 82 valence electrons. The van der Waals surface area contributed by atoms with E-state index in [-0.39, 0.29) is 5.54 Å². The maximum Gasteiger partial charge on any atom is 0.0483 e. The Labute approximate surface area is 98.2 Å². The van der Waals surface area contributed by atoms with Crippen LogP contribution in [0.2, 0.25) is 0 Å². The van der Waals surface area contributed by atoms with E-state index < -0.39 is 0 Å². The van der Waals surface area contributed by atoms with Gasteiger partial charge in [-0.25, -0.2) is 0 Å². The first-order valence-corrected chi connectivity index (χ1v) is 5.94. The van der Waals surface area contributed by atoms with Crippen molar-refractivity contribution in [2.45, 2.75) is 24.8 Å². The van der Waals surface area contributed by atoms with Crippen molar-refractivity contribution in [3.63, 3.8) is 0 Å². The maximum absolute atomic E-state index is 6.30. The van der Waals surface area contributed by atoms with Gasteiger partial charge in [-0.2, -0.15) is 0 Å². The summed E-state index contributed by atoms with van der Waals surface area (Å²) in [5.41, 5.74) is 7.23. The van der Waals surface area contributed by atoms with E-state index in [9.17, 15) is 0 Å². The van der Waals surface area contributed by atoms with E-state index in [1.165, 1.54) is 0 Å². The van der Waals surface area contributed by atoms with Crippen molar-refractivity contribution in [2.75, 3.05) is 13.2 Å². The Morgan fingerprint density at radius 2 is 2.13 bits per heavy atom. The summed E-state index contributed by atoms with van der Waals surface area (Å²) < 4.78 is 6.32. The number of halogens is 1. The molecule has 0 aromatic carbocycles. The molecule has 1 fully saturated rings. The fourth-order valence-electron chi connectivity index (χ4n) is 1.83. The Hall–Kier alpha value is -0.450. The molecule has 2 rings (SSSR count). The zero-order chi connectivity index (χ0) is 10.7. The molecule has 0 saturated carbocycles. The molecule has 0 unspecified atom stereocenters. The molecule has 1 aromatic heterocycles. The van der Waals surface area contributed by atoms with Crippen molar-refractivity contribution >= 4 is 15.9 Å². The molecule has 2 heterocycles. The zero-order valence-electron chi connectivity index (χ0n) is 8.58. The highest BCUT2D eigenvalue weighted by atomic mass is 79.9. The molecule has 0 spiro atoms. The van der Waals surface area contributed by atoms with Crippen molar-refractivity contribution < 1.29 is 4.74 Å². The van der Waals surface area contributed by atoms with E-state index in [0.29, 0.717) is 0 Å². The summed E-state index contributed by atoms with van der Waals surface area (Å²) >= 11 is 3.37. The summed E-state index contributed by atoms with van der Waals surface area (Å²) in [5, 5.41) is 0. The quantitative estimate of drug-likeness (QED) is 0.893. The van der Waals surface area contributed by atoms with E-state index in [4.69, 9.17) is 10.5 Å². The fraction of sp³-hybridized carbons (Fsp3) is 0.545. The summed E-state index contributed by atoms with van der Waals surface area (Å²) in [5.74, 6) is 0. The van der Waals surface area contributed by atoms with Gasteiger partial charge in [0.05, 0.1) is 0 Å². The number of nitrogens with zero attached hydrogens (tertiary/aromatic N) is 1. The third kappa shape index (κ3) is 3.00. The molecule has 0 radical (unpaired) electrons. The van der Waals surface area contributed by atoms with E-state index >= 15 is 0 Å². The van der Waals surface area contributed by atoms with Crippen molar-refractivity contribution in [2.24, 2.45) is 5.73 Å². The van der Waals surface area contributed by atoms with E-state index in [2.05, 4.69) is 20.9 Å². The lowest BCUT2D eigenvalue weighted by atomic mass is 9.86. The summed E-state index contributed by atoms with van der Waals surface area (Å²) in [6, 6.07) is 4.03. The Morgan fingerprint density at radius 1 is 1.40 bits per heavy atom. The molecule has 4 heteroatoms. The minimum atomic E-state index is -0.126. The van der Waals surface area contributed by atoms with E-state index in [1.807, 2.05) is 18.3 Å². The molecule has 3 nitrogen and oxygen atoms in total. The molecule has 0 aliphatic carbocycles. The number of hydrogen-bond acceptors (Lipinski definition) is 3. The molecule has 1 saturated heterocycles. The molecule has 1 aromatic rings. The molecular formula is C11H15BrN2O. The summed E-state index contributed by atoms with van der Waals surface area (Å²) in [7, 11) is 0. The minimum absolute atomic E-state index is 0.126. The number of hydrogen-bond donors (Lipinski definition) is 1. The standard InChI is InChI=1S/C11H15BrN2O/c12-9-1-2-10(14-8-9)7-11(13)3-5-15-6-4-11/h1-2,8H,3-7,13H2. The molecule has 0 amide bonds. The second kappa shape index (κ2) is 4.60. The molecule has 1 aliphatic rings. The largest absolute Gasteiger partial charge is 0.381 e. The second-order valence-electron chi connectivity index (χ2n) is 4.12. The second-order valence-corrected chi connectivity index (χ2v) is 5.03. The van der Waals surface area contributed by atoms with E-state index in [1.54, 1.807) is 0 Å². The van der Waals surface area contributed by atoms with Crippen LogP contribution < -0.4 is 5.73 Å². The predicted octanol–water partition coefficient (Wildman–Crippen LogP) is 1.89. The normalized spacial score (nSPS) is 20.1. The van der Waals surface area contributed by atoms with Gasteiger partial charge >= 0.3 is 0 Å². The summed E-state index contributed by atoms with van der Waals surface area (Å²) in [4.78, 5) is 4.35. The zero-order valence-corrected chi connectivity index (χ0v) is 10.2. The first-order valence-electron chi connectivity index (χ1n) is 5.15. The van der Waals surface area contributed by atoms with Crippen molar-refractivity contribution in [3.05, 3.63) is 28.5 Å².